The molecule has 1 fully saturated rings. The van der Waals surface area contributed by atoms with Crippen LogP contribution in [0.5, 0.6) is 5.75 Å². The van der Waals surface area contributed by atoms with Crippen LogP contribution in [0, 0.1) is 5.82 Å². The van der Waals surface area contributed by atoms with E-state index in [-0.39, 0.29) is 31.4 Å². The van der Waals surface area contributed by atoms with Gasteiger partial charge in [-0.1, -0.05) is 0 Å². The number of aliphatic hydroxyl groups excluding tert-OH is 1. The number of hydrogen-bond acceptors (Lipinski definition) is 3. The Bertz CT molecular complexity index is 417. The van der Waals surface area contributed by atoms with Gasteiger partial charge in [0.05, 0.1) is 19.6 Å². The average Bonchev–Trinajstić information content (AvgIpc) is 3.22. The Hall–Kier alpha value is -1.62. The quantitative estimate of drug-likeness (QED) is 0.816. The lowest BCUT2D eigenvalue weighted by Crippen LogP contribution is -2.36. The lowest BCUT2D eigenvalue weighted by atomic mass is 10.3. The SMILES string of the molecule is O=C(CCOc1ccc(F)cc1)N(CCO)C1CC1. The molecule has 1 saturated carbocycles. The fourth-order valence-electron chi connectivity index (χ4n) is 1.94. The van der Waals surface area contributed by atoms with Crippen LogP contribution in [0.4, 0.5) is 4.39 Å². The number of aliphatic hydroxyl groups is 1. The summed E-state index contributed by atoms with van der Waals surface area (Å²) < 4.78 is 18.1. The Morgan fingerprint density at radius 3 is 2.63 bits per heavy atom. The van der Waals surface area contributed by atoms with E-state index >= 15 is 0 Å². The van der Waals surface area contributed by atoms with Gasteiger partial charge >= 0.3 is 0 Å². The molecule has 5 heteroatoms. The molecule has 0 aliphatic heterocycles. The van der Waals surface area contributed by atoms with Crippen molar-refractivity contribution in [1.82, 2.24) is 4.90 Å². The lowest BCUT2D eigenvalue weighted by Gasteiger charge is -2.21. The summed E-state index contributed by atoms with van der Waals surface area (Å²) in [5, 5.41) is 8.93. The van der Waals surface area contributed by atoms with E-state index in [1.165, 1.54) is 24.3 Å². The van der Waals surface area contributed by atoms with Gasteiger partial charge in [-0.05, 0) is 37.1 Å². The zero-order chi connectivity index (χ0) is 13.7. The van der Waals surface area contributed by atoms with E-state index < -0.39 is 0 Å². The fourth-order valence-corrected chi connectivity index (χ4v) is 1.94. The number of rotatable bonds is 7. The van der Waals surface area contributed by atoms with Crippen molar-refractivity contribution in [2.45, 2.75) is 25.3 Å². The number of carbonyl (C=O) groups excluding carboxylic acids is 1. The predicted molar refractivity (Wildman–Crippen MR) is 68.3 cm³/mol. The normalized spacial score (nSPS) is 14.2. The summed E-state index contributed by atoms with van der Waals surface area (Å²) in [5.74, 6) is 0.235. The van der Waals surface area contributed by atoms with Gasteiger partial charge in [0, 0.05) is 12.6 Å². The molecule has 0 spiro atoms. The molecule has 1 amide bonds. The summed E-state index contributed by atoms with van der Waals surface area (Å²) in [6.07, 6.45) is 2.31. The molecule has 1 aliphatic carbocycles. The molecule has 0 bridgehead atoms. The van der Waals surface area contributed by atoms with Crippen molar-refractivity contribution in [2.75, 3.05) is 19.8 Å². The van der Waals surface area contributed by atoms with Gasteiger partial charge in [0.1, 0.15) is 11.6 Å². The summed E-state index contributed by atoms with van der Waals surface area (Å²) in [5.41, 5.74) is 0. The summed E-state index contributed by atoms with van der Waals surface area (Å²) in [4.78, 5) is 13.7. The zero-order valence-electron chi connectivity index (χ0n) is 10.7. The molecule has 104 valence electrons. The highest BCUT2D eigenvalue weighted by Gasteiger charge is 2.31. The van der Waals surface area contributed by atoms with Crippen molar-refractivity contribution in [1.29, 1.82) is 0 Å². The maximum Gasteiger partial charge on any atom is 0.226 e. The Morgan fingerprint density at radius 2 is 2.05 bits per heavy atom. The molecule has 4 nitrogen and oxygen atoms in total. The molecular formula is C14H18FNO3. The van der Waals surface area contributed by atoms with Crippen molar-refractivity contribution in [3.63, 3.8) is 0 Å². The number of amides is 1. The van der Waals surface area contributed by atoms with E-state index in [4.69, 9.17) is 9.84 Å². The first-order chi connectivity index (χ1) is 9.20. The molecule has 1 N–H and O–H groups in total. The second-order valence-corrected chi connectivity index (χ2v) is 4.59. The van der Waals surface area contributed by atoms with Gasteiger partial charge in [0.2, 0.25) is 5.91 Å². The highest BCUT2D eigenvalue weighted by Crippen LogP contribution is 2.27. The lowest BCUT2D eigenvalue weighted by molar-refractivity contribution is -0.132. The summed E-state index contributed by atoms with van der Waals surface area (Å²) in [7, 11) is 0. The summed E-state index contributed by atoms with van der Waals surface area (Å²) >= 11 is 0. The first-order valence-corrected chi connectivity index (χ1v) is 6.49. The molecule has 0 radical (unpaired) electrons. The number of benzene rings is 1. The van der Waals surface area contributed by atoms with Crippen LogP contribution >= 0.6 is 0 Å². The van der Waals surface area contributed by atoms with Crippen molar-refractivity contribution in [3.8, 4) is 5.75 Å². The average molecular weight is 267 g/mol. The highest BCUT2D eigenvalue weighted by atomic mass is 19.1. The van der Waals surface area contributed by atoms with Gasteiger partial charge in [-0.3, -0.25) is 4.79 Å². The van der Waals surface area contributed by atoms with Crippen molar-refractivity contribution in [3.05, 3.63) is 30.1 Å². The van der Waals surface area contributed by atoms with E-state index in [1.807, 2.05) is 0 Å². The maximum absolute atomic E-state index is 12.7. The van der Waals surface area contributed by atoms with Crippen LogP contribution in [0.2, 0.25) is 0 Å². The van der Waals surface area contributed by atoms with Gasteiger partial charge in [0.25, 0.3) is 0 Å². The number of ether oxygens (including phenoxy) is 1. The molecule has 1 aromatic carbocycles. The van der Waals surface area contributed by atoms with Crippen LogP contribution in [0.25, 0.3) is 0 Å². The van der Waals surface area contributed by atoms with E-state index in [9.17, 15) is 9.18 Å². The molecule has 0 aromatic heterocycles. The van der Waals surface area contributed by atoms with Gasteiger partial charge < -0.3 is 14.7 Å². The van der Waals surface area contributed by atoms with E-state index in [1.54, 1.807) is 4.90 Å². The number of nitrogens with zero attached hydrogens (tertiary/aromatic N) is 1. The highest BCUT2D eigenvalue weighted by molar-refractivity contribution is 5.77. The van der Waals surface area contributed by atoms with Crippen molar-refractivity contribution < 1.29 is 19.0 Å². The molecule has 19 heavy (non-hydrogen) atoms. The Labute approximate surface area is 111 Å². The third-order valence-corrected chi connectivity index (χ3v) is 3.05. The van der Waals surface area contributed by atoms with Crippen LogP contribution in [-0.4, -0.2) is 41.7 Å². The van der Waals surface area contributed by atoms with Crippen LogP contribution in [0.3, 0.4) is 0 Å². The van der Waals surface area contributed by atoms with E-state index in [0.717, 1.165) is 12.8 Å². The van der Waals surface area contributed by atoms with E-state index in [0.29, 0.717) is 18.3 Å². The first kappa shape index (κ1) is 13.8. The third-order valence-electron chi connectivity index (χ3n) is 3.05. The second-order valence-electron chi connectivity index (χ2n) is 4.59. The molecule has 2 rings (SSSR count). The predicted octanol–water partition coefficient (Wildman–Crippen LogP) is 1.58. The molecule has 0 atom stereocenters. The fraction of sp³-hybridized carbons (Fsp3) is 0.500. The number of halogens is 1. The van der Waals surface area contributed by atoms with Gasteiger partial charge in [0.15, 0.2) is 0 Å². The first-order valence-electron chi connectivity index (χ1n) is 6.49. The molecule has 0 unspecified atom stereocenters. The van der Waals surface area contributed by atoms with Gasteiger partial charge in [-0.15, -0.1) is 0 Å². The van der Waals surface area contributed by atoms with Crippen LogP contribution in [0.15, 0.2) is 24.3 Å². The minimum atomic E-state index is -0.314. The molecule has 1 aromatic rings. The Kier molecular flexibility index (Phi) is 4.74. The van der Waals surface area contributed by atoms with Crippen molar-refractivity contribution in [2.24, 2.45) is 0 Å². The van der Waals surface area contributed by atoms with Gasteiger partial charge in [-0.25, -0.2) is 4.39 Å². The maximum atomic E-state index is 12.7. The smallest absolute Gasteiger partial charge is 0.226 e. The molecule has 1 aliphatic rings. The minimum Gasteiger partial charge on any atom is -0.493 e. The summed E-state index contributed by atoms with van der Waals surface area (Å²) in [6.45, 7) is 0.639. The van der Waals surface area contributed by atoms with Crippen LogP contribution in [-0.2, 0) is 4.79 Å². The van der Waals surface area contributed by atoms with Crippen molar-refractivity contribution >= 4 is 5.91 Å². The second kappa shape index (κ2) is 6.52. The molecule has 0 saturated heterocycles. The van der Waals surface area contributed by atoms with Crippen LogP contribution < -0.4 is 4.74 Å². The minimum absolute atomic E-state index is 0.00124. The monoisotopic (exact) mass is 267 g/mol. The zero-order valence-corrected chi connectivity index (χ0v) is 10.7. The Morgan fingerprint density at radius 1 is 1.37 bits per heavy atom. The third kappa shape index (κ3) is 4.21. The number of hydrogen-bond donors (Lipinski definition) is 1. The molecular weight excluding hydrogens is 249 g/mol. The van der Waals surface area contributed by atoms with Gasteiger partial charge in [-0.2, -0.15) is 0 Å². The number of carbonyl (C=O) groups is 1. The largest absolute Gasteiger partial charge is 0.493 e. The Balaban J connectivity index is 1.75. The molecule has 0 heterocycles. The standard InChI is InChI=1S/C14H18FNO3/c15-11-1-5-13(6-2-11)19-10-7-14(18)16(8-9-17)12-3-4-12/h1-2,5-6,12,17H,3-4,7-10H2. The van der Waals surface area contributed by atoms with E-state index in [2.05, 4.69) is 0 Å². The van der Waals surface area contributed by atoms with Crippen LogP contribution in [0.1, 0.15) is 19.3 Å². The summed E-state index contributed by atoms with van der Waals surface area (Å²) in [6, 6.07) is 6.00. The topological polar surface area (TPSA) is 49.8 Å².